The Morgan fingerprint density at radius 3 is 2.62 bits per heavy atom. The monoisotopic (exact) mass is 367 g/mol. The molecule has 110 valence electrons. The van der Waals surface area contributed by atoms with Gasteiger partial charge in [-0.2, -0.15) is 0 Å². The lowest BCUT2D eigenvalue weighted by molar-refractivity contribution is 0.316. The molecule has 2 aromatic carbocycles. The van der Waals surface area contributed by atoms with Crippen LogP contribution in [0.4, 0.5) is 5.69 Å². The number of benzene rings is 2. The highest BCUT2D eigenvalue weighted by Gasteiger charge is 2.16. The normalized spacial score (nSPS) is 13.0. The number of hydrogen-bond donors (Lipinski definition) is 3. The molecule has 1 atom stereocenters. The Hall–Kier alpha value is -1.72. The van der Waals surface area contributed by atoms with Gasteiger partial charge < -0.3 is 16.3 Å². The number of halogens is 2. The zero-order chi connectivity index (χ0) is 15.2. The van der Waals surface area contributed by atoms with Crippen LogP contribution < -0.4 is 11.1 Å². The summed E-state index contributed by atoms with van der Waals surface area (Å²) < 4.78 is 0.814. The van der Waals surface area contributed by atoms with E-state index in [4.69, 9.17) is 22.5 Å². The van der Waals surface area contributed by atoms with Crippen molar-refractivity contribution in [3.8, 4) is 0 Å². The molecule has 0 fully saturated rings. The zero-order valence-corrected chi connectivity index (χ0v) is 13.5. The van der Waals surface area contributed by atoms with E-state index in [1.165, 1.54) is 0 Å². The third kappa shape index (κ3) is 4.12. The molecular formula is C15H15BrClN3O. The SMILES string of the molecule is N/C(=N/O)C(CNc1ccc(Cl)c(Br)c1)c1ccccc1. The van der Waals surface area contributed by atoms with Crippen molar-refractivity contribution in [3.05, 3.63) is 63.6 Å². The second kappa shape index (κ2) is 7.33. The molecule has 0 radical (unpaired) electrons. The molecular weight excluding hydrogens is 354 g/mol. The zero-order valence-electron chi connectivity index (χ0n) is 11.1. The molecule has 0 aliphatic rings. The van der Waals surface area contributed by atoms with Gasteiger partial charge in [-0.3, -0.25) is 0 Å². The first-order valence-corrected chi connectivity index (χ1v) is 7.50. The van der Waals surface area contributed by atoms with Crippen LogP contribution in [-0.4, -0.2) is 17.6 Å². The summed E-state index contributed by atoms with van der Waals surface area (Å²) >= 11 is 9.35. The van der Waals surface area contributed by atoms with E-state index in [-0.39, 0.29) is 11.8 Å². The predicted molar refractivity (Wildman–Crippen MR) is 90.2 cm³/mol. The molecule has 21 heavy (non-hydrogen) atoms. The van der Waals surface area contributed by atoms with Crippen LogP contribution in [0.5, 0.6) is 0 Å². The Morgan fingerprint density at radius 1 is 1.29 bits per heavy atom. The molecule has 0 aliphatic carbocycles. The van der Waals surface area contributed by atoms with Crippen LogP contribution in [0.15, 0.2) is 58.2 Å². The fourth-order valence-electron chi connectivity index (χ4n) is 1.97. The molecule has 0 saturated carbocycles. The number of nitrogens with zero attached hydrogens (tertiary/aromatic N) is 1. The fourth-order valence-corrected chi connectivity index (χ4v) is 2.47. The highest BCUT2D eigenvalue weighted by molar-refractivity contribution is 9.10. The van der Waals surface area contributed by atoms with Crippen LogP contribution in [0.1, 0.15) is 11.5 Å². The summed E-state index contributed by atoms with van der Waals surface area (Å²) in [5, 5.41) is 16.0. The molecule has 2 aromatic rings. The minimum absolute atomic E-state index is 0.168. The number of nitrogens with one attached hydrogen (secondary N) is 1. The molecule has 0 bridgehead atoms. The molecule has 0 aromatic heterocycles. The summed E-state index contributed by atoms with van der Waals surface area (Å²) in [7, 11) is 0. The molecule has 1 unspecified atom stereocenters. The number of hydrogen-bond acceptors (Lipinski definition) is 3. The Kier molecular flexibility index (Phi) is 5.47. The van der Waals surface area contributed by atoms with E-state index in [2.05, 4.69) is 26.4 Å². The quantitative estimate of drug-likeness (QED) is 0.323. The number of oxime groups is 1. The number of anilines is 1. The van der Waals surface area contributed by atoms with Crippen LogP contribution in [0.3, 0.4) is 0 Å². The lowest BCUT2D eigenvalue weighted by Gasteiger charge is -2.17. The number of amidine groups is 1. The molecule has 0 heterocycles. The third-order valence-corrected chi connectivity index (χ3v) is 4.32. The van der Waals surface area contributed by atoms with Gasteiger partial charge in [0.2, 0.25) is 0 Å². The first-order valence-electron chi connectivity index (χ1n) is 6.33. The van der Waals surface area contributed by atoms with Crippen molar-refractivity contribution < 1.29 is 5.21 Å². The lowest BCUT2D eigenvalue weighted by Crippen LogP contribution is -2.28. The Bertz CT molecular complexity index is 634. The van der Waals surface area contributed by atoms with Crippen LogP contribution >= 0.6 is 27.5 Å². The molecule has 2 rings (SSSR count). The summed E-state index contributed by atoms with van der Waals surface area (Å²) in [4.78, 5) is 0. The van der Waals surface area contributed by atoms with Crippen LogP contribution in [0.25, 0.3) is 0 Å². The van der Waals surface area contributed by atoms with Gasteiger partial charge in [0.15, 0.2) is 0 Å². The maximum atomic E-state index is 8.95. The van der Waals surface area contributed by atoms with Gasteiger partial charge in [-0.25, -0.2) is 0 Å². The average molecular weight is 369 g/mol. The van der Waals surface area contributed by atoms with Crippen LogP contribution in [-0.2, 0) is 0 Å². The molecule has 4 N–H and O–H groups in total. The highest BCUT2D eigenvalue weighted by atomic mass is 79.9. The second-order valence-corrected chi connectivity index (χ2v) is 5.76. The van der Waals surface area contributed by atoms with Crippen molar-refractivity contribution >= 4 is 39.1 Å². The lowest BCUT2D eigenvalue weighted by atomic mass is 9.98. The van der Waals surface area contributed by atoms with E-state index >= 15 is 0 Å². The fraction of sp³-hybridized carbons (Fsp3) is 0.133. The maximum absolute atomic E-state index is 8.95. The third-order valence-electron chi connectivity index (χ3n) is 3.10. The molecule has 0 spiro atoms. The summed E-state index contributed by atoms with van der Waals surface area (Å²) in [5.41, 5.74) is 7.68. The topological polar surface area (TPSA) is 70.6 Å². The summed E-state index contributed by atoms with van der Waals surface area (Å²) in [6, 6.07) is 15.2. The molecule has 4 nitrogen and oxygen atoms in total. The highest BCUT2D eigenvalue weighted by Crippen LogP contribution is 2.26. The van der Waals surface area contributed by atoms with Gasteiger partial charge in [0.25, 0.3) is 0 Å². The van der Waals surface area contributed by atoms with Gasteiger partial charge in [0.1, 0.15) is 5.84 Å². The van der Waals surface area contributed by atoms with Crippen molar-refractivity contribution in [1.29, 1.82) is 0 Å². The Labute approximate surface area is 136 Å². The van der Waals surface area contributed by atoms with E-state index in [0.717, 1.165) is 15.7 Å². The smallest absolute Gasteiger partial charge is 0.148 e. The van der Waals surface area contributed by atoms with E-state index in [9.17, 15) is 0 Å². The number of rotatable bonds is 5. The van der Waals surface area contributed by atoms with Gasteiger partial charge in [-0.05, 0) is 39.7 Å². The largest absolute Gasteiger partial charge is 0.409 e. The predicted octanol–water partition coefficient (Wildman–Crippen LogP) is 4.04. The summed E-state index contributed by atoms with van der Waals surface area (Å²) in [5.74, 6) is -0.0487. The van der Waals surface area contributed by atoms with E-state index < -0.39 is 0 Å². The van der Waals surface area contributed by atoms with E-state index in [0.29, 0.717) is 11.6 Å². The van der Waals surface area contributed by atoms with Crippen molar-refractivity contribution in [2.24, 2.45) is 10.9 Å². The van der Waals surface area contributed by atoms with Crippen LogP contribution in [0.2, 0.25) is 5.02 Å². The molecule has 0 saturated heterocycles. The van der Waals surface area contributed by atoms with Gasteiger partial charge >= 0.3 is 0 Å². The minimum Gasteiger partial charge on any atom is -0.409 e. The van der Waals surface area contributed by atoms with Crippen molar-refractivity contribution in [2.75, 3.05) is 11.9 Å². The summed E-state index contributed by atoms with van der Waals surface area (Å²) in [6.07, 6.45) is 0. The number of nitrogens with two attached hydrogens (primary N) is 1. The minimum atomic E-state index is -0.217. The van der Waals surface area contributed by atoms with E-state index in [1.807, 2.05) is 42.5 Å². The first kappa shape index (κ1) is 15.7. The Morgan fingerprint density at radius 2 is 2.00 bits per heavy atom. The van der Waals surface area contributed by atoms with E-state index in [1.54, 1.807) is 6.07 Å². The average Bonchev–Trinajstić information content (AvgIpc) is 2.51. The Balaban J connectivity index is 2.15. The van der Waals surface area contributed by atoms with Crippen molar-refractivity contribution in [2.45, 2.75) is 5.92 Å². The van der Waals surface area contributed by atoms with Crippen molar-refractivity contribution in [3.63, 3.8) is 0 Å². The second-order valence-electron chi connectivity index (χ2n) is 4.50. The van der Waals surface area contributed by atoms with Gasteiger partial charge in [0.05, 0.1) is 10.9 Å². The van der Waals surface area contributed by atoms with Crippen molar-refractivity contribution in [1.82, 2.24) is 0 Å². The summed E-state index contributed by atoms with van der Waals surface area (Å²) in [6.45, 7) is 0.508. The van der Waals surface area contributed by atoms with Gasteiger partial charge in [-0.15, -0.1) is 0 Å². The maximum Gasteiger partial charge on any atom is 0.148 e. The standard InChI is InChI=1S/C15H15BrClN3O/c16-13-8-11(6-7-14(13)17)19-9-12(15(18)20-21)10-4-2-1-3-5-10/h1-8,12,19,21H,9H2,(H2,18,20). The first-order chi connectivity index (χ1) is 10.1. The molecule has 0 aliphatic heterocycles. The van der Waals surface area contributed by atoms with Crippen LogP contribution in [0, 0.1) is 0 Å². The van der Waals surface area contributed by atoms with Gasteiger partial charge in [0, 0.05) is 16.7 Å². The molecule has 6 heteroatoms. The van der Waals surface area contributed by atoms with Gasteiger partial charge in [-0.1, -0.05) is 47.1 Å². The molecule has 0 amide bonds.